The van der Waals surface area contributed by atoms with E-state index in [4.69, 9.17) is 9.47 Å². The Labute approximate surface area is 181 Å². The number of nitrogens with zero attached hydrogens (tertiary/aromatic N) is 2. The molecule has 4 rings (SSSR count). The van der Waals surface area contributed by atoms with Gasteiger partial charge in [-0.25, -0.2) is 9.69 Å². The first-order valence-electron chi connectivity index (χ1n) is 10.3. The fourth-order valence-electron chi connectivity index (χ4n) is 4.21. The van der Waals surface area contributed by atoms with E-state index in [9.17, 15) is 14.7 Å². The van der Waals surface area contributed by atoms with Crippen LogP contribution in [0.1, 0.15) is 24.0 Å². The van der Waals surface area contributed by atoms with E-state index in [-0.39, 0.29) is 18.7 Å². The first-order valence-corrected chi connectivity index (χ1v) is 10.3. The third-order valence-corrected chi connectivity index (χ3v) is 6.05. The number of carbonyl (C=O) groups is 2. The second-order valence-corrected chi connectivity index (χ2v) is 7.86. The Morgan fingerprint density at radius 1 is 0.935 bits per heavy atom. The van der Waals surface area contributed by atoms with Crippen LogP contribution < -0.4 is 14.8 Å². The largest absolute Gasteiger partial charge is 0.497 e. The Morgan fingerprint density at radius 3 is 1.87 bits per heavy atom. The maximum absolute atomic E-state index is 13.8. The molecule has 0 saturated carbocycles. The molecule has 164 valence electrons. The van der Waals surface area contributed by atoms with Gasteiger partial charge in [0, 0.05) is 13.1 Å². The minimum atomic E-state index is -1.34. The highest BCUT2D eigenvalue weighted by Gasteiger charge is 2.54. The van der Waals surface area contributed by atoms with Crippen LogP contribution in [-0.4, -0.2) is 66.9 Å². The van der Waals surface area contributed by atoms with Crippen molar-refractivity contribution in [2.75, 3.05) is 34.0 Å². The Bertz CT molecular complexity index is 889. The molecule has 2 heterocycles. The van der Waals surface area contributed by atoms with Crippen molar-refractivity contribution in [2.45, 2.75) is 24.5 Å². The number of ether oxygens (including phenoxy) is 2. The number of benzene rings is 2. The van der Waals surface area contributed by atoms with E-state index in [1.165, 1.54) is 4.90 Å². The van der Waals surface area contributed by atoms with Gasteiger partial charge in [-0.2, -0.15) is 0 Å². The fourth-order valence-corrected chi connectivity index (χ4v) is 4.21. The summed E-state index contributed by atoms with van der Waals surface area (Å²) < 4.78 is 10.5. The van der Waals surface area contributed by atoms with E-state index in [1.54, 1.807) is 62.8 Å². The Hall–Kier alpha value is -3.10. The summed E-state index contributed by atoms with van der Waals surface area (Å²) in [5.41, 5.74) is -0.0490. The number of hydrogen-bond acceptors (Lipinski definition) is 6. The van der Waals surface area contributed by atoms with Crippen LogP contribution in [0.25, 0.3) is 0 Å². The number of methoxy groups -OCH3 is 2. The molecule has 2 saturated heterocycles. The number of amides is 3. The summed E-state index contributed by atoms with van der Waals surface area (Å²) in [5.74, 6) is 0.988. The molecule has 0 bridgehead atoms. The number of carbonyl (C=O) groups excluding carboxylic acids is 2. The number of hydrogen-bond donors (Lipinski definition) is 2. The van der Waals surface area contributed by atoms with Gasteiger partial charge in [0.15, 0.2) is 5.54 Å². The average Bonchev–Trinajstić information content (AvgIpc) is 3.06. The number of piperidine rings is 1. The second kappa shape index (κ2) is 8.56. The minimum Gasteiger partial charge on any atom is -0.497 e. The number of urea groups is 1. The van der Waals surface area contributed by atoms with Gasteiger partial charge in [-0.1, -0.05) is 24.3 Å². The van der Waals surface area contributed by atoms with E-state index in [0.29, 0.717) is 48.6 Å². The zero-order valence-corrected chi connectivity index (χ0v) is 17.7. The lowest BCUT2D eigenvalue weighted by Crippen LogP contribution is -2.48. The van der Waals surface area contributed by atoms with Gasteiger partial charge in [-0.15, -0.1) is 0 Å². The average molecular weight is 425 g/mol. The van der Waals surface area contributed by atoms with Crippen molar-refractivity contribution in [3.05, 3.63) is 59.7 Å². The molecule has 2 aromatic rings. The van der Waals surface area contributed by atoms with Gasteiger partial charge in [0.1, 0.15) is 11.5 Å². The predicted molar refractivity (Wildman–Crippen MR) is 114 cm³/mol. The molecule has 8 nitrogen and oxygen atoms in total. The van der Waals surface area contributed by atoms with E-state index in [0.717, 1.165) is 0 Å². The van der Waals surface area contributed by atoms with Crippen LogP contribution in [0.2, 0.25) is 0 Å². The van der Waals surface area contributed by atoms with Crippen LogP contribution in [0.3, 0.4) is 0 Å². The third kappa shape index (κ3) is 3.84. The van der Waals surface area contributed by atoms with Crippen LogP contribution in [0.15, 0.2) is 48.5 Å². The van der Waals surface area contributed by atoms with Gasteiger partial charge in [-0.3, -0.25) is 9.69 Å². The SMILES string of the molecule is COc1ccc(C2(c3ccc(OC)cc3)NC(=O)N(CN3CCC(O)CC3)C2=O)cc1. The van der Waals surface area contributed by atoms with Gasteiger partial charge in [0.2, 0.25) is 0 Å². The smallest absolute Gasteiger partial charge is 0.326 e. The van der Waals surface area contributed by atoms with Gasteiger partial charge in [0.05, 0.1) is 27.0 Å². The number of likely N-dealkylation sites (tertiary alicyclic amines) is 1. The lowest BCUT2D eigenvalue weighted by Gasteiger charge is -2.32. The van der Waals surface area contributed by atoms with Crippen LogP contribution in [0.4, 0.5) is 4.79 Å². The van der Waals surface area contributed by atoms with Crippen LogP contribution in [-0.2, 0) is 10.3 Å². The van der Waals surface area contributed by atoms with Crippen molar-refractivity contribution in [3.63, 3.8) is 0 Å². The first-order chi connectivity index (χ1) is 15.0. The van der Waals surface area contributed by atoms with E-state index in [2.05, 4.69) is 5.32 Å². The van der Waals surface area contributed by atoms with Gasteiger partial charge in [0.25, 0.3) is 5.91 Å². The highest BCUT2D eigenvalue weighted by atomic mass is 16.5. The summed E-state index contributed by atoms with van der Waals surface area (Å²) in [6.07, 6.45) is 0.939. The minimum absolute atomic E-state index is 0.186. The van der Waals surface area contributed by atoms with E-state index in [1.807, 2.05) is 4.90 Å². The molecule has 0 radical (unpaired) electrons. The molecule has 2 aliphatic heterocycles. The second-order valence-electron chi connectivity index (χ2n) is 7.86. The van der Waals surface area contributed by atoms with Gasteiger partial charge < -0.3 is 19.9 Å². The molecular weight excluding hydrogens is 398 g/mol. The van der Waals surface area contributed by atoms with E-state index >= 15 is 0 Å². The quantitative estimate of drug-likeness (QED) is 0.687. The molecule has 0 aromatic heterocycles. The molecule has 3 amide bonds. The molecule has 8 heteroatoms. The van der Waals surface area contributed by atoms with E-state index < -0.39 is 11.6 Å². The van der Waals surface area contributed by atoms with Gasteiger partial charge >= 0.3 is 6.03 Å². The Kier molecular flexibility index (Phi) is 5.84. The number of imide groups is 1. The normalized spacial score (nSPS) is 19.4. The van der Waals surface area contributed by atoms with Crippen LogP contribution >= 0.6 is 0 Å². The number of rotatable bonds is 6. The van der Waals surface area contributed by atoms with Crippen molar-refractivity contribution >= 4 is 11.9 Å². The molecular formula is C23H27N3O5. The summed E-state index contributed by atoms with van der Waals surface area (Å²) in [7, 11) is 3.15. The lowest BCUT2D eigenvalue weighted by molar-refractivity contribution is -0.132. The lowest BCUT2D eigenvalue weighted by atomic mass is 9.82. The fraction of sp³-hybridized carbons (Fsp3) is 0.391. The molecule has 0 spiro atoms. The molecule has 0 atom stereocenters. The maximum atomic E-state index is 13.8. The summed E-state index contributed by atoms with van der Waals surface area (Å²) >= 11 is 0. The number of aliphatic hydroxyl groups excluding tert-OH is 1. The molecule has 2 aromatic carbocycles. The van der Waals surface area contributed by atoms with Gasteiger partial charge in [-0.05, 0) is 48.2 Å². The monoisotopic (exact) mass is 425 g/mol. The molecule has 0 unspecified atom stereocenters. The standard InChI is InChI=1S/C23H27N3O5/c1-30-19-7-3-16(4-8-19)23(17-5-9-20(31-2)10-6-17)21(28)26(22(29)24-23)15-25-13-11-18(27)12-14-25/h3-10,18,27H,11-15H2,1-2H3,(H,24,29). The molecule has 0 aliphatic carbocycles. The molecule has 31 heavy (non-hydrogen) atoms. The molecule has 2 aliphatic rings. The summed E-state index contributed by atoms with van der Waals surface area (Å²) in [5, 5.41) is 12.7. The predicted octanol–water partition coefficient (Wildman–Crippen LogP) is 1.91. The zero-order valence-electron chi connectivity index (χ0n) is 17.7. The zero-order chi connectivity index (χ0) is 22.0. The van der Waals surface area contributed by atoms with Crippen molar-refractivity contribution < 1.29 is 24.2 Å². The molecule has 2 N–H and O–H groups in total. The Morgan fingerprint density at radius 2 is 1.42 bits per heavy atom. The third-order valence-electron chi connectivity index (χ3n) is 6.05. The van der Waals surface area contributed by atoms with Crippen LogP contribution in [0.5, 0.6) is 11.5 Å². The summed E-state index contributed by atoms with van der Waals surface area (Å²) in [6.45, 7) is 1.46. The summed E-state index contributed by atoms with van der Waals surface area (Å²) in [4.78, 5) is 30.1. The number of nitrogens with one attached hydrogen (secondary N) is 1. The topological polar surface area (TPSA) is 91.3 Å². The van der Waals surface area contributed by atoms with Crippen molar-refractivity contribution in [3.8, 4) is 11.5 Å². The van der Waals surface area contributed by atoms with Crippen molar-refractivity contribution in [1.29, 1.82) is 0 Å². The highest BCUT2D eigenvalue weighted by molar-refractivity contribution is 6.09. The number of aliphatic hydroxyl groups is 1. The van der Waals surface area contributed by atoms with Crippen molar-refractivity contribution in [2.24, 2.45) is 0 Å². The van der Waals surface area contributed by atoms with Crippen LogP contribution in [0, 0.1) is 0 Å². The Balaban J connectivity index is 1.71. The maximum Gasteiger partial charge on any atom is 0.326 e. The van der Waals surface area contributed by atoms with Crippen molar-refractivity contribution in [1.82, 2.24) is 15.1 Å². The molecule has 2 fully saturated rings. The first kappa shape index (κ1) is 21.1. The summed E-state index contributed by atoms with van der Waals surface area (Å²) in [6, 6.07) is 13.8. The highest BCUT2D eigenvalue weighted by Crippen LogP contribution is 2.37.